The smallest absolute Gasteiger partial charge is 0.192 e. The molecule has 1 saturated carbocycles. The Hall–Kier alpha value is -1.58. The zero-order chi connectivity index (χ0) is 10.3. The van der Waals surface area contributed by atoms with Crippen molar-refractivity contribution in [3.63, 3.8) is 0 Å². The van der Waals surface area contributed by atoms with Crippen molar-refractivity contribution in [1.82, 2.24) is 14.8 Å². The lowest BCUT2D eigenvalue weighted by molar-refractivity contribution is 0.478. The molecule has 1 aliphatic carbocycles. The molecule has 0 aliphatic heterocycles. The monoisotopic (exact) mass is 203 g/mol. The fourth-order valence-corrected chi connectivity index (χ4v) is 2.40. The Balaban J connectivity index is 2.19. The molecule has 4 heteroatoms. The number of pyridine rings is 1. The molecule has 1 N–H and O–H groups in total. The molecule has 4 nitrogen and oxygen atoms in total. The molecule has 2 aromatic rings. The van der Waals surface area contributed by atoms with Gasteiger partial charge in [-0.1, -0.05) is 12.8 Å². The standard InChI is InChI=1S/C11H13N3O/c15-10-5-6-12-11-9(10)7-13-14(11)8-3-1-2-4-8/h5-8H,1-4H2,(H,12,15). The number of fused-ring (bicyclic) bond motifs is 1. The van der Waals surface area contributed by atoms with Gasteiger partial charge in [0, 0.05) is 12.3 Å². The van der Waals surface area contributed by atoms with E-state index in [1.165, 1.54) is 25.7 Å². The van der Waals surface area contributed by atoms with Crippen molar-refractivity contribution in [3.8, 4) is 0 Å². The number of hydrogen-bond donors (Lipinski definition) is 1. The van der Waals surface area contributed by atoms with Gasteiger partial charge in [0.15, 0.2) is 5.43 Å². The van der Waals surface area contributed by atoms with Gasteiger partial charge in [-0.15, -0.1) is 0 Å². The first kappa shape index (κ1) is 8.71. The number of rotatable bonds is 1. The van der Waals surface area contributed by atoms with Gasteiger partial charge in [-0.25, -0.2) is 4.68 Å². The zero-order valence-corrected chi connectivity index (χ0v) is 8.44. The molecule has 0 aromatic carbocycles. The molecule has 2 aromatic heterocycles. The summed E-state index contributed by atoms with van der Waals surface area (Å²) in [5, 5.41) is 5.02. The van der Waals surface area contributed by atoms with Crippen LogP contribution in [0.15, 0.2) is 23.3 Å². The van der Waals surface area contributed by atoms with E-state index in [1.807, 2.05) is 4.68 Å². The first-order valence-electron chi connectivity index (χ1n) is 5.41. The fourth-order valence-electron chi connectivity index (χ4n) is 2.40. The van der Waals surface area contributed by atoms with E-state index in [1.54, 1.807) is 18.5 Å². The van der Waals surface area contributed by atoms with E-state index in [-0.39, 0.29) is 5.43 Å². The average Bonchev–Trinajstić information content (AvgIpc) is 2.85. The number of nitrogens with one attached hydrogen (secondary N) is 1. The van der Waals surface area contributed by atoms with Gasteiger partial charge in [-0.2, -0.15) is 5.10 Å². The fraction of sp³-hybridized carbons (Fsp3) is 0.455. The predicted octanol–water partition coefficient (Wildman–Crippen LogP) is 1.84. The third kappa shape index (κ3) is 1.28. The van der Waals surface area contributed by atoms with Crippen molar-refractivity contribution in [1.29, 1.82) is 0 Å². The first-order chi connectivity index (χ1) is 7.36. The summed E-state index contributed by atoms with van der Waals surface area (Å²) in [4.78, 5) is 14.7. The summed E-state index contributed by atoms with van der Waals surface area (Å²) in [7, 11) is 0. The number of hydrogen-bond acceptors (Lipinski definition) is 2. The molecular formula is C11H13N3O. The van der Waals surface area contributed by atoms with Gasteiger partial charge in [-0.05, 0) is 12.8 Å². The van der Waals surface area contributed by atoms with Crippen molar-refractivity contribution >= 4 is 11.0 Å². The summed E-state index contributed by atoms with van der Waals surface area (Å²) in [5.74, 6) is 0. The van der Waals surface area contributed by atoms with E-state index in [2.05, 4.69) is 10.1 Å². The van der Waals surface area contributed by atoms with Crippen LogP contribution in [0.1, 0.15) is 31.7 Å². The van der Waals surface area contributed by atoms with Crippen molar-refractivity contribution in [2.75, 3.05) is 0 Å². The van der Waals surface area contributed by atoms with Gasteiger partial charge < -0.3 is 4.98 Å². The molecule has 0 atom stereocenters. The molecule has 0 radical (unpaired) electrons. The summed E-state index contributed by atoms with van der Waals surface area (Å²) < 4.78 is 1.98. The van der Waals surface area contributed by atoms with Gasteiger partial charge in [0.25, 0.3) is 0 Å². The minimum atomic E-state index is 0.0491. The topological polar surface area (TPSA) is 50.7 Å². The first-order valence-corrected chi connectivity index (χ1v) is 5.41. The van der Waals surface area contributed by atoms with Crippen molar-refractivity contribution in [2.24, 2.45) is 0 Å². The van der Waals surface area contributed by atoms with E-state index in [0.717, 1.165) is 5.65 Å². The van der Waals surface area contributed by atoms with Crippen LogP contribution in [0.25, 0.3) is 11.0 Å². The van der Waals surface area contributed by atoms with E-state index < -0.39 is 0 Å². The lowest BCUT2D eigenvalue weighted by Crippen LogP contribution is -2.08. The Morgan fingerprint density at radius 2 is 2.20 bits per heavy atom. The molecule has 0 amide bonds. The molecule has 78 valence electrons. The largest absolute Gasteiger partial charge is 0.346 e. The zero-order valence-electron chi connectivity index (χ0n) is 8.44. The maximum absolute atomic E-state index is 11.5. The van der Waals surface area contributed by atoms with Gasteiger partial charge >= 0.3 is 0 Å². The van der Waals surface area contributed by atoms with Crippen molar-refractivity contribution in [3.05, 3.63) is 28.7 Å². The van der Waals surface area contributed by atoms with Crippen LogP contribution in [-0.4, -0.2) is 14.8 Å². The second-order valence-corrected chi connectivity index (χ2v) is 4.13. The highest BCUT2D eigenvalue weighted by Crippen LogP contribution is 2.30. The molecule has 0 saturated heterocycles. The summed E-state index contributed by atoms with van der Waals surface area (Å²) in [5.41, 5.74) is 0.919. The molecule has 15 heavy (non-hydrogen) atoms. The molecule has 3 rings (SSSR count). The maximum Gasteiger partial charge on any atom is 0.192 e. The van der Waals surface area contributed by atoms with Crippen LogP contribution in [0.4, 0.5) is 0 Å². The van der Waals surface area contributed by atoms with Gasteiger partial charge in [0.2, 0.25) is 0 Å². The maximum atomic E-state index is 11.5. The Kier molecular flexibility index (Phi) is 1.87. The van der Waals surface area contributed by atoms with Gasteiger partial charge in [0.05, 0.1) is 17.6 Å². The number of H-pyrrole nitrogens is 1. The lowest BCUT2D eigenvalue weighted by atomic mass is 10.2. The highest BCUT2D eigenvalue weighted by molar-refractivity contribution is 5.73. The van der Waals surface area contributed by atoms with Crippen LogP contribution < -0.4 is 5.43 Å². The molecule has 0 spiro atoms. The van der Waals surface area contributed by atoms with Gasteiger partial charge in [-0.3, -0.25) is 4.79 Å². The van der Waals surface area contributed by atoms with Crippen LogP contribution >= 0.6 is 0 Å². The van der Waals surface area contributed by atoms with E-state index in [9.17, 15) is 4.79 Å². The predicted molar refractivity (Wildman–Crippen MR) is 57.9 cm³/mol. The summed E-state index contributed by atoms with van der Waals surface area (Å²) in [6.45, 7) is 0. The summed E-state index contributed by atoms with van der Waals surface area (Å²) in [6, 6.07) is 2.02. The molecule has 1 fully saturated rings. The Bertz CT molecular complexity index is 534. The Labute approximate surface area is 86.9 Å². The SMILES string of the molecule is O=c1cc[nH]c2c1cnn2C1CCCC1. The van der Waals surface area contributed by atoms with Crippen LogP contribution in [0.5, 0.6) is 0 Å². The highest BCUT2D eigenvalue weighted by Gasteiger charge is 2.19. The summed E-state index contributed by atoms with van der Waals surface area (Å²) >= 11 is 0. The molecule has 0 bridgehead atoms. The summed E-state index contributed by atoms with van der Waals surface area (Å²) in [6.07, 6.45) is 8.25. The van der Waals surface area contributed by atoms with Crippen LogP contribution in [0, 0.1) is 0 Å². The average molecular weight is 203 g/mol. The minimum Gasteiger partial charge on any atom is -0.346 e. The van der Waals surface area contributed by atoms with E-state index in [4.69, 9.17) is 0 Å². The normalized spacial score (nSPS) is 17.6. The van der Waals surface area contributed by atoms with Crippen LogP contribution in [-0.2, 0) is 0 Å². The van der Waals surface area contributed by atoms with E-state index >= 15 is 0 Å². The second-order valence-electron chi connectivity index (χ2n) is 4.13. The number of nitrogens with zero attached hydrogens (tertiary/aromatic N) is 2. The van der Waals surface area contributed by atoms with E-state index in [0.29, 0.717) is 11.4 Å². The quantitative estimate of drug-likeness (QED) is 0.768. The lowest BCUT2D eigenvalue weighted by Gasteiger charge is -2.10. The third-order valence-electron chi connectivity index (χ3n) is 3.19. The second kappa shape index (κ2) is 3.22. The van der Waals surface area contributed by atoms with Crippen molar-refractivity contribution in [2.45, 2.75) is 31.7 Å². The van der Waals surface area contributed by atoms with Crippen molar-refractivity contribution < 1.29 is 0 Å². The third-order valence-corrected chi connectivity index (χ3v) is 3.19. The van der Waals surface area contributed by atoms with Crippen LogP contribution in [0.2, 0.25) is 0 Å². The molecular weight excluding hydrogens is 190 g/mol. The number of aromatic nitrogens is 3. The van der Waals surface area contributed by atoms with Gasteiger partial charge in [0.1, 0.15) is 5.65 Å². The van der Waals surface area contributed by atoms with Crippen LogP contribution in [0.3, 0.4) is 0 Å². The molecule has 1 aliphatic rings. The highest BCUT2D eigenvalue weighted by atomic mass is 16.1. The minimum absolute atomic E-state index is 0.0491. The molecule has 2 heterocycles. The molecule has 0 unspecified atom stereocenters. The Morgan fingerprint density at radius 3 is 3.00 bits per heavy atom. The number of aromatic amines is 1. The Morgan fingerprint density at radius 1 is 1.40 bits per heavy atom.